The van der Waals surface area contributed by atoms with Crippen LogP contribution in [0.3, 0.4) is 0 Å². The van der Waals surface area contributed by atoms with Gasteiger partial charge in [-0.1, -0.05) is 54.8 Å². The summed E-state index contributed by atoms with van der Waals surface area (Å²) in [5.74, 6) is -1.53. The number of benzene rings is 2. The molecule has 1 heterocycles. The fourth-order valence-electron chi connectivity index (χ4n) is 3.33. The van der Waals surface area contributed by atoms with Crippen LogP contribution >= 0.6 is 24.4 Å². The van der Waals surface area contributed by atoms with Gasteiger partial charge < -0.3 is 9.64 Å². The number of ether oxygens (including phenoxy) is 1. The summed E-state index contributed by atoms with van der Waals surface area (Å²) >= 11 is 10.7. The minimum atomic E-state index is -4.01. The summed E-state index contributed by atoms with van der Waals surface area (Å²) in [7, 11) is -0.969. The predicted molar refractivity (Wildman–Crippen MR) is 140 cm³/mol. The first kappa shape index (κ1) is 26.0. The van der Waals surface area contributed by atoms with E-state index in [2.05, 4.69) is 15.2 Å². The molecule has 2 N–H and O–H groups in total. The Morgan fingerprint density at radius 2 is 1.50 bits per heavy atom. The van der Waals surface area contributed by atoms with Gasteiger partial charge in [-0.15, -0.1) is 4.83 Å². The van der Waals surface area contributed by atoms with E-state index in [4.69, 9.17) is 29.2 Å². The lowest BCUT2D eigenvalue weighted by Gasteiger charge is -2.29. The Bertz CT molecular complexity index is 1120. The molecule has 0 bridgehead atoms. The highest BCUT2D eigenvalue weighted by Gasteiger charge is 2.22. The van der Waals surface area contributed by atoms with Gasteiger partial charge in [0, 0.05) is 44.0 Å². The minimum absolute atomic E-state index is 0.278. The SMILES string of the molecule is CN(NC(=O)CS(=O)(=O)NN(C)C(=S)c1ccc(N2CCOCC2)cc1)C(=S)c1ccccc1. The molecule has 0 radical (unpaired) electrons. The number of nitrogens with one attached hydrogen (secondary N) is 2. The first-order valence-corrected chi connectivity index (χ1v) is 13.0. The fraction of sp³-hybridized carbons (Fsp3) is 0.318. The maximum atomic E-state index is 12.5. The number of morpholine rings is 1. The molecule has 1 aliphatic heterocycles. The van der Waals surface area contributed by atoms with Crippen molar-refractivity contribution in [2.24, 2.45) is 0 Å². The molecule has 0 spiro atoms. The molecule has 9 nitrogen and oxygen atoms in total. The van der Waals surface area contributed by atoms with Crippen molar-refractivity contribution in [2.45, 2.75) is 0 Å². The number of amides is 1. The van der Waals surface area contributed by atoms with Gasteiger partial charge in [0.15, 0.2) is 0 Å². The first-order valence-electron chi connectivity index (χ1n) is 10.5. The molecule has 2 aromatic carbocycles. The van der Waals surface area contributed by atoms with Gasteiger partial charge in [0.1, 0.15) is 15.7 Å². The number of thiocarbonyl (C=S) groups is 2. The van der Waals surface area contributed by atoms with Crippen molar-refractivity contribution in [3.8, 4) is 0 Å². The molecule has 12 heteroatoms. The Kier molecular flexibility index (Phi) is 8.91. The van der Waals surface area contributed by atoms with E-state index in [-0.39, 0.29) is 4.99 Å². The Morgan fingerprint density at radius 3 is 2.12 bits per heavy atom. The van der Waals surface area contributed by atoms with E-state index in [0.717, 1.165) is 24.3 Å². The second-order valence-corrected chi connectivity index (χ2v) is 10.1. The average molecular weight is 522 g/mol. The van der Waals surface area contributed by atoms with E-state index in [1.54, 1.807) is 19.2 Å². The number of carbonyl (C=O) groups excluding carboxylic acids is 1. The molecule has 0 atom stereocenters. The van der Waals surface area contributed by atoms with Gasteiger partial charge in [-0.25, -0.2) is 8.42 Å². The Hall–Kier alpha value is -2.64. The largest absolute Gasteiger partial charge is 0.378 e. The molecule has 0 aromatic heterocycles. The van der Waals surface area contributed by atoms with Crippen LogP contribution in [-0.4, -0.2) is 80.5 Å². The molecule has 0 unspecified atom stereocenters. The molecule has 0 aliphatic carbocycles. The minimum Gasteiger partial charge on any atom is -0.378 e. The van der Waals surface area contributed by atoms with Gasteiger partial charge in [-0.3, -0.25) is 20.2 Å². The lowest BCUT2D eigenvalue weighted by atomic mass is 10.2. The second kappa shape index (κ2) is 11.7. The molecule has 2 aromatic rings. The van der Waals surface area contributed by atoms with Gasteiger partial charge in [0.25, 0.3) is 5.91 Å². The van der Waals surface area contributed by atoms with Crippen molar-refractivity contribution in [3.63, 3.8) is 0 Å². The lowest BCUT2D eigenvalue weighted by molar-refractivity contribution is -0.121. The fourth-order valence-corrected chi connectivity index (χ4v) is 4.73. The second-order valence-electron chi connectivity index (χ2n) is 7.63. The van der Waals surface area contributed by atoms with Crippen molar-refractivity contribution < 1.29 is 17.9 Å². The van der Waals surface area contributed by atoms with E-state index in [0.29, 0.717) is 23.8 Å². The molecule has 1 aliphatic rings. The molecule has 1 fully saturated rings. The molecular formula is C22H27N5O4S3. The molecular weight excluding hydrogens is 494 g/mol. The van der Waals surface area contributed by atoms with Gasteiger partial charge in [0.05, 0.1) is 13.2 Å². The number of hydrogen-bond acceptors (Lipinski definition) is 7. The van der Waals surface area contributed by atoms with Crippen molar-refractivity contribution in [1.29, 1.82) is 0 Å². The van der Waals surface area contributed by atoms with Crippen LogP contribution in [0.4, 0.5) is 5.69 Å². The van der Waals surface area contributed by atoms with Crippen LogP contribution < -0.4 is 15.2 Å². The molecule has 1 amide bonds. The van der Waals surface area contributed by atoms with Gasteiger partial charge in [-0.05, 0) is 24.3 Å². The van der Waals surface area contributed by atoms with Crippen LogP contribution in [0.5, 0.6) is 0 Å². The zero-order valence-corrected chi connectivity index (χ0v) is 21.4. The summed E-state index contributed by atoms with van der Waals surface area (Å²) in [6.07, 6.45) is 0. The zero-order valence-electron chi connectivity index (χ0n) is 18.9. The Labute approximate surface area is 210 Å². The number of carbonyl (C=O) groups is 1. The molecule has 0 saturated carbocycles. The normalized spacial score (nSPS) is 13.8. The van der Waals surface area contributed by atoms with E-state index >= 15 is 0 Å². The quantitative estimate of drug-likeness (QED) is 0.413. The highest BCUT2D eigenvalue weighted by Crippen LogP contribution is 2.17. The lowest BCUT2D eigenvalue weighted by Crippen LogP contribution is -2.49. The predicted octanol–water partition coefficient (Wildman–Crippen LogP) is 1.30. The average Bonchev–Trinajstić information content (AvgIpc) is 2.83. The smallest absolute Gasteiger partial charge is 0.255 e. The monoisotopic (exact) mass is 521 g/mol. The zero-order chi connectivity index (χ0) is 24.7. The first-order chi connectivity index (χ1) is 16.2. The van der Waals surface area contributed by atoms with E-state index in [1.165, 1.54) is 17.1 Å². The van der Waals surface area contributed by atoms with E-state index < -0.39 is 21.7 Å². The standard InChI is InChI=1S/C22H27N5O4S3/c1-25(21(32)17-6-4-3-5-7-17)23-20(28)16-34(29,30)24-26(2)22(33)18-8-10-19(11-9-18)27-12-14-31-15-13-27/h3-11,24H,12-16H2,1-2H3,(H,23,28). The van der Waals surface area contributed by atoms with Crippen molar-refractivity contribution in [1.82, 2.24) is 20.3 Å². The molecule has 34 heavy (non-hydrogen) atoms. The molecule has 3 rings (SSSR count). The molecule has 182 valence electrons. The maximum absolute atomic E-state index is 12.5. The van der Waals surface area contributed by atoms with Crippen LogP contribution in [0.15, 0.2) is 54.6 Å². The van der Waals surface area contributed by atoms with Crippen LogP contribution in [0, 0.1) is 0 Å². The van der Waals surface area contributed by atoms with Crippen LogP contribution in [0.2, 0.25) is 0 Å². The number of hydrazine groups is 2. The number of hydrogen-bond donors (Lipinski definition) is 2. The van der Waals surface area contributed by atoms with Crippen molar-refractivity contribution in [3.05, 3.63) is 65.7 Å². The summed E-state index contributed by atoms with van der Waals surface area (Å²) in [6.45, 7) is 3.01. The van der Waals surface area contributed by atoms with Crippen LogP contribution in [0.25, 0.3) is 0 Å². The number of sulfonamides is 1. The third kappa shape index (κ3) is 7.18. The number of anilines is 1. The third-order valence-electron chi connectivity index (χ3n) is 5.01. The Balaban J connectivity index is 1.53. The summed E-state index contributed by atoms with van der Waals surface area (Å²) < 4.78 is 30.4. The van der Waals surface area contributed by atoms with Gasteiger partial charge in [-0.2, -0.15) is 0 Å². The van der Waals surface area contributed by atoms with Crippen molar-refractivity contribution >= 4 is 56.0 Å². The summed E-state index contributed by atoms with van der Waals surface area (Å²) in [6, 6.07) is 16.6. The number of rotatable bonds is 7. The summed E-state index contributed by atoms with van der Waals surface area (Å²) in [4.78, 5) is 17.5. The van der Waals surface area contributed by atoms with Crippen LogP contribution in [0.1, 0.15) is 11.1 Å². The van der Waals surface area contributed by atoms with E-state index in [9.17, 15) is 13.2 Å². The third-order valence-corrected chi connectivity index (χ3v) is 7.22. The number of nitrogens with zero attached hydrogens (tertiary/aromatic N) is 3. The van der Waals surface area contributed by atoms with Gasteiger partial charge >= 0.3 is 0 Å². The summed E-state index contributed by atoms with van der Waals surface area (Å²) in [5, 5.41) is 2.52. The van der Waals surface area contributed by atoms with Crippen LogP contribution in [-0.2, 0) is 19.6 Å². The van der Waals surface area contributed by atoms with Gasteiger partial charge in [0.2, 0.25) is 10.0 Å². The van der Waals surface area contributed by atoms with Crippen molar-refractivity contribution in [2.75, 3.05) is 51.1 Å². The highest BCUT2D eigenvalue weighted by molar-refractivity contribution is 7.90. The topological polar surface area (TPSA) is 94.2 Å². The van der Waals surface area contributed by atoms with E-state index in [1.807, 2.05) is 42.5 Å². The molecule has 1 saturated heterocycles. The Morgan fingerprint density at radius 1 is 0.941 bits per heavy atom. The maximum Gasteiger partial charge on any atom is 0.255 e. The highest BCUT2D eigenvalue weighted by atomic mass is 32.2. The summed E-state index contributed by atoms with van der Waals surface area (Å²) in [5.41, 5.74) is 4.93.